The molecular weight excluding hydrogens is 273 g/mol. The average Bonchev–Trinajstić information content (AvgIpc) is 2.86. The van der Waals surface area contributed by atoms with Gasteiger partial charge >= 0.3 is 0 Å². The molecule has 0 aliphatic rings. The first-order valence-corrected chi connectivity index (χ1v) is 6.80. The summed E-state index contributed by atoms with van der Waals surface area (Å²) in [4.78, 5) is 0. The van der Waals surface area contributed by atoms with Crippen molar-refractivity contribution >= 4 is 0 Å². The van der Waals surface area contributed by atoms with Crippen molar-refractivity contribution in [3.63, 3.8) is 0 Å². The molecule has 0 spiro atoms. The van der Waals surface area contributed by atoms with Crippen LogP contribution < -0.4 is 10.1 Å². The number of hydrogen-bond donors (Lipinski definition) is 1. The minimum Gasteiger partial charge on any atom is -0.494 e. The van der Waals surface area contributed by atoms with Gasteiger partial charge in [-0.15, -0.1) is 10.2 Å². The maximum Gasteiger partial charge on any atom is 0.247 e. The minimum absolute atomic E-state index is 0.0488. The Hall–Kier alpha value is -1.95. The highest BCUT2D eigenvalue weighted by atomic mass is 19.1. The lowest BCUT2D eigenvalue weighted by Gasteiger charge is -2.19. The SMILES string of the molecule is COc1cc(-c2nnc(CCNC(C)(C)C)o2)ccc1F. The molecule has 1 aromatic heterocycles. The van der Waals surface area contributed by atoms with Gasteiger partial charge in [0, 0.05) is 24.1 Å². The van der Waals surface area contributed by atoms with Crippen LogP contribution in [-0.2, 0) is 6.42 Å². The third-order valence-electron chi connectivity index (χ3n) is 2.86. The second-order valence-corrected chi connectivity index (χ2v) is 5.78. The van der Waals surface area contributed by atoms with Crippen molar-refractivity contribution in [1.29, 1.82) is 0 Å². The molecule has 114 valence electrons. The molecule has 0 unspecified atom stereocenters. The molecule has 2 rings (SSSR count). The first-order valence-electron chi connectivity index (χ1n) is 6.80. The summed E-state index contributed by atoms with van der Waals surface area (Å²) in [7, 11) is 1.42. The predicted molar refractivity (Wildman–Crippen MR) is 77.7 cm³/mol. The normalized spacial score (nSPS) is 11.7. The number of rotatable bonds is 5. The summed E-state index contributed by atoms with van der Waals surface area (Å²) in [6.45, 7) is 7.03. The summed E-state index contributed by atoms with van der Waals surface area (Å²) >= 11 is 0. The standard InChI is InChI=1S/C15H20FN3O2/c1-15(2,3)17-8-7-13-18-19-14(21-13)10-5-6-11(16)12(9-10)20-4/h5-6,9,17H,7-8H2,1-4H3. The topological polar surface area (TPSA) is 60.2 Å². The molecule has 2 aromatic rings. The minimum atomic E-state index is -0.421. The molecule has 0 atom stereocenters. The number of halogens is 1. The van der Waals surface area contributed by atoms with E-state index >= 15 is 0 Å². The fraction of sp³-hybridized carbons (Fsp3) is 0.467. The zero-order chi connectivity index (χ0) is 15.5. The summed E-state index contributed by atoms with van der Waals surface area (Å²) in [6, 6.07) is 4.45. The Bertz CT molecular complexity index is 605. The molecule has 0 fully saturated rings. The molecule has 1 aromatic carbocycles. The molecule has 1 heterocycles. The Kier molecular flexibility index (Phi) is 4.57. The van der Waals surface area contributed by atoms with E-state index in [0.717, 1.165) is 6.54 Å². The van der Waals surface area contributed by atoms with Crippen molar-refractivity contribution in [2.24, 2.45) is 0 Å². The number of nitrogens with zero attached hydrogens (tertiary/aromatic N) is 2. The van der Waals surface area contributed by atoms with Gasteiger partial charge in [0.25, 0.3) is 0 Å². The van der Waals surface area contributed by atoms with Gasteiger partial charge in [-0.1, -0.05) is 0 Å². The van der Waals surface area contributed by atoms with Crippen molar-refractivity contribution in [2.45, 2.75) is 32.7 Å². The van der Waals surface area contributed by atoms with Crippen LogP contribution in [0.5, 0.6) is 5.75 Å². The van der Waals surface area contributed by atoms with Crippen LogP contribution in [0.1, 0.15) is 26.7 Å². The van der Waals surface area contributed by atoms with Crippen molar-refractivity contribution in [2.75, 3.05) is 13.7 Å². The van der Waals surface area contributed by atoms with Crippen LogP contribution in [0, 0.1) is 5.82 Å². The molecule has 6 heteroatoms. The zero-order valence-corrected chi connectivity index (χ0v) is 12.7. The summed E-state index contributed by atoms with van der Waals surface area (Å²) in [5.41, 5.74) is 0.684. The highest BCUT2D eigenvalue weighted by Crippen LogP contribution is 2.25. The van der Waals surface area contributed by atoms with E-state index in [9.17, 15) is 4.39 Å². The van der Waals surface area contributed by atoms with Crippen LogP contribution in [0.2, 0.25) is 0 Å². The first kappa shape index (κ1) is 15.4. The second kappa shape index (κ2) is 6.22. The van der Waals surface area contributed by atoms with Gasteiger partial charge in [0.15, 0.2) is 11.6 Å². The molecule has 0 saturated heterocycles. The molecule has 0 saturated carbocycles. The van der Waals surface area contributed by atoms with Crippen molar-refractivity contribution < 1.29 is 13.5 Å². The van der Waals surface area contributed by atoms with Gasteiger partial charge in [-0.3, -0.25) is 0 Å². The molecule has 0 aliphatic carbocycles. The smallest absolute Gasteiger partial charge is 0.247 e. The maximum atomic E-state index is 13.4. The van der Waals surface area contributed by atoms with Crippen LogP contribution in [-0.4, -0.2) is 29.4 Å². The van der Waals surface area contributed by atoms with Crippen molar-refractivity contribution in [3.8, 4) is 17.2 Å². The van der Waals surface area contributed by atoms with Gasteiger partial charge in [0.05, 0.1) is 7.11 Å². The van der Waals surface area contributed by atoms with Gasteiger partial charge < -0.3 is 14.5 Å². The molecule has 5 nitrogen and oxygen atoms in total. The van der Waals surface area contributed by atoms with E-state index in [1.165, 1.54) is 13.2 Å². The lowest BCUT2D eigenvalue weighted by Crippen LogP contribution is -2.37. The molecule has 0 amide bonds. The molecule has 1 N–H and O–H groups in total. The molecule has 0 aliphatic heterocycles. The van der Waals surface area contributed by atoms with Gasteiger partial charge in [0.1, 0.15) is 0 Å². The van der Waals surface area contributed by atoms with Crippen LogP contribution in [0.4, 0.5) is 4.39 Å². The average molecular weight is 293 g/mol. The first-order chi connectivity index (χ1) is 9.89. The fourth-order valence-electron chi connectivity index (χ4n) is 1.81. The number of benzene rings is 1. The van der Waals surface area contributed by atoms with Crippen LogP contribution in [0.25, 0.3) is 11.5 Å². The lowest BCUT2D eigenvalue weighted by atomic mass is 10.1. The fourth-order valence-corrected chi connectivity index (χ4v) is 1.81. The van der Waals surface area contributed by atoms with E-state index in [2.05, 4.69) is 36.3 Å². The van der Waals surface area contributed by atoms with Crippen molar-refractivity contribution in [3.05, 3.63) is 29.9 Å². The molecule has 21 heavy (non-hydrogen) atoms. The summed E-state index contributed by atoms with van der Waals surface area (Å²) < 4.78 is 23.9. The van der Waals surface area contributed by atoms with Gasteiger partial charge in [-0.25, -0.2) is 4.39 Å². The Morgan fingerprint density at radius 3 is 2.71 bits per heavy atom. The molecular formula is C15H20FN3O2. The van der Waals surface area contributed by atoms with E-state index < -0.39 is 5.82 Å². The largest absolute Gasteiger partial charge is 0.494 e. The summed E-state index contributed by atoms with van der Waals surface area (Å²) in [6.07, 6.45) is 0.641. The van der Waals surface area contributed by atoms with Crippen LogP contribution in [0.15, 0.2) is 22.6 Å². The summed E-state index contributed by atoms with van der Waals surface area (Å²) in [5, 5.41) is 11.3. The van der Waals surface area contributed by atoms with Gasteiger partial charge in [0.2, 0.25) is 11.8 Å². The third-order valence-corrected chi connectivity index (χ3v) is 2.86. The Morgan fingerprint density at radius 2 is 2.05 bits per heavy atom. The monoisotopic (exact) mass is 293 g/mol. The zero-order valence-electron chi connectivity index (χ0n) is 12.7. The Labute approximate surface area is 123 Å². The second-order valence-electron chi connectivity index (χ2n) is 5.78. The van der Waals surface area contributed by atoms with Crippen molar-refractivity contribution in [1.82, 2.24) is 15.5 Å². The number of methoxy groups -OCH3 is 1. The van der Waals surface area contributed by atoms with Crippen LogP contribution in [0.3, 0.4) is 0 Å². The third kappa shape index (κ3) is 4.26. The number of nitrogens with one attached hydrogen (secondary N) is 1. The quantitative estimate of drug-likeness (QED) is 0.918. The number of aromatic nitrogens is 2. The predicted octanol–water partition coefficient (Wildman–Crippen LogP) is 2.81. The van der Waals surface area contributed by atoms with Crippen LogP contribution >= 0.6 is 0 Å². The van der Waals surface area contributed by atoms with E-state index in [1.54, 1.807) is 12.1 Å². The van der Waals surface area contributed by atoms with E-state index in [0.29, 0.717) is 23.8 Å². The molecule has 0 radical (unpaired) electrons. The van der Waals surface area contributed by atoms with Gasteiger partial charge in [-0.05, 0) is 39.0 Å². The number of hydrogen-bond acceptors (Lipinski definition) is 5. The van der Waals surface area contributed by atoms with E-state index in [4.69, 9.17) is 9.15 Å². The summed E-state index contributed by atoms with van der Waals surface area (Å²) in [5.74, 6) is 0.640. The highest BCUT2D eigenvalue weighted by Gasteiger charge is 2.13. The lowest BCUT2D eigenvalue weighted by molar-refractivity contribution is 0.386. The van der Waals surface area contributed by atoms with E-state index in [1.807, 2.05) is 0 Å². The maximum absolute atomic E-state index is 13.4. The van der Waals surface area contributed by atoms with Gasteiger partial charge in [-0.2, -0.15) is 0 Å². The Balaban J connectivity index is 2.06. The highest BCUT2D eigenvalue weighted by molar-refractivity contribution is 5.55. The van der Waals surface area contributed by atoms with E-state index in [-0.39, 0.29) is 11.3 Å². The Morgan fingerprint density at radius 1 is 1.29 bits per heavy atom. The number of ether oxygens (including phenoxy) is 1. The molecule has 0 bridgehead atoms.